The first-order valence-corrected chi connectivity index (χ1v) is 27.0. The Kier molecular flexibility index (Phi) is 17.2. The predicted octanol–water partition coefficient (Wildman–Crippen LogP) is 12.1. The van der Waals surface area contributed by atoms with E-state index in [9.17, 15) is 27.2 Å². The predicted molar refractivity (Wildman–Crippen MR) is 314 cm³/mol. The molecule has 10 aromatic rings. The van der Waals surface area contributed by atoms with Crippen LogP contribution in [0, 0.1) is 5.82 Å². The Labute approximate surface area is 479 Å². The van der Waals surface area contributed by atoms with E-state index in [1.165, 1.54) is 42.4 Å². The average molecular weight is 1170 g/mol. The number of carbonyl (C=O) groups excluding carboxylic acids is 2. The number of benzene rings is 6. The van der Waals surface area contributed by atoms with Gasteiger partial charge in [-0.3, -0.25) is 4.90 Å². The first-order chi connectivity index (χ1) is 40.0. The molecule has 27 heteroatoms. The van der Waals surface area contributed by atoms with E-state index >= 15 is 0 Å². The standard InChI is InChI=1S/C56H52F4N14O7S2/c1-73(2)15-18-80-46-27-41-36(25-44(46)77-4)50(63-29-61-41)71-54-69-39-13-10-33(23-48(39)82-54)66-52(75)65-32-7-6-8-35(22-32)79-19-16-74(3)17-20-81-47-28-42-37(26-45(47)78-5)51(64-30-62-42)72-55-70-40-14-11-34(24-49(40)83-55)67-53(76)68-43-21-31(56(58,59)60)9-12-38(43)57/h6-14,21-30H,15-20H2,1-5H3,(H2,65,66,75)(H2,67,68,76)(H,61,63,69,71)(H,62,64,70,72). The highest BCUT2D eigenvalue weighted by Gasteiger charge is 2.31. The largest absolute Gasteiger partial charge is 0.493 e. The molecule has 0 aliphatic heterocycles. The van der Waals surface area contributed by atoms with Crippen LogP contribution < -0.4 is 55.6 Å². The van der Waals surface area contributed by atoms with E-state index in [1.807, 2.05) is 56.4 Å². The fourth-order valence-corrected chi connectivity index (χ4v) is 10.1. The number of thiazole rings is 2. The highest BCUT2D eigenvalue weighted by atomic mass is 32.1. The number of likely N-dealkylation sites (N-methyl/N-ethyl adjacent to an activating group) is 2. The smallest absolute Gasteiger partial charge is 0.416 e. The molecule has 4 aromatic heterocycles. The van der Waals surface area contributed by atoms with E-state index in [0.717, 1.165) is 22.1 Å². The van der Waals surface area contributed by atoms with Crippen LogP contribution in [-0.2, 0) is 6.18 Å². The number of aromatic nitrogens is 6. The van der Waals surface area contributed by atoms with Crippen molar-refractivity contribution in [1.29, 1.82) is 0 Å². The van der Waals surface area contributed by atoms with E-state index in [0.29, 0.717) is 145 Å². The summed E-state index contributed by atoms with van der Waals surface area (Å²) in [6.07, 6.45) is -1.84. The summed E-state index contributed by atoms with van der Waals surface area (Å²) in [5.74, 6) is 2.62. The molecule has 0 radical (unpaired) electrons. The normalized spacial score (nSPS) is 11.6. The number of hydrogen-bond acceptors (Lipinski definition) is 19. The molecule has 4 heterocycles. The number of nitrogens with zero attached hydrogens (tertiary/aromatic N) is 8. The van der Waals surface area contributed by atoms with Crippen molar-refractivity contribution in [2.75, 3.05) is 107 Å². The molecule has 10 rings (SSSR count). The van der Waals surface area contributed by atoms with Crippen LogP contribution in [0.15, 0.2) is 116 Å². The molecule has 21 nitrogen and oxygen atoms in total. The molecule has 0 fully saturated rings. The number of nitrogens with one attached hydrogen (secondary N) is 6. The molecule has 0 saturated carbocycles. The van der Waals surface area contributed by atoms with Gasteiger partial charge in [-0.05, 0) is 100 Å². The maximum absolute atomic E-state index is 14.2. The van der Waals surface area contributed by atoms with Gasteiger partial charge in [0.1, 0.15) is 55.7 Å². The van der Waals surface area contributed by atoms with Crippen LogP contribution >= 0.6 is 22.7 Å². The van der Waals surface area contributed by atoms with Gasteiger partial charge >= 0.3 is 18.2 Å². The van der Waals surface area contributed by atoms with E-state index in [4.69, 9.17) is 28.7 Å². The molecule has 0 spiro atoms. The van der Waals surface area contributed by atoms with Crippen LogP contribution in [0.25, 0.3) is 42.2 Å². The summed E-state index contributed by atoms with van der Waals surface area (Å²) in [5, 5.41) is 19.4. The molecule has 4 amide bonds. The minimum atomic E-state index is -4.72. The maximum Gasteiger partial charge on any atom is 0.416 e. The molecule has 0 aliphatic rings. The minimum Gasteiger partial charge on any atom is -0.493 e. The number of fused-ring (bicyclic) bond motifs is 4. The number of halogens is 4. The molecule has 0 atom stereocenters. The van der Waals surface area contributed by atoms with Gasteiger partial charge in [0, 0.05) is 65.7 Å². The Hall–Kier alpha value is -9.44. The third kappa shape index (κ3) is 14.2. The summed E-state index contributed by atoms with van der Waals surface area (Å²) in [6.45, 7) is 3.02. The number of ether oxygens (including phenoxy) is 5. The van der Waals surface area contributed by atoms with Gasteiger partial charge in [-0.1, -0.05) is 28.7 Å². The number of amides is 4. The van der Waals surface area contributed by atoms with Crippen molar-refractivity contribution in [2.45, 2.75) is 6.18 Å². The molecule has 0 aliphatic carbocycles. The Bertz CT molecular complexity index is 4000. The Balaban J connectivity index is 0.680. The summed E-state index contributed by atoms with van der Waals surface area (Å²) < 4.78 is 84.8. The number of methoxy groups -OCH3 is 2. The van der Waals surface area contributed by atoms with Crippen molar-refractivity contribution in [2.24, 2.45) is 0 Å². The number of hydrogen-bond donors (Lipinski definition) is 6. The Morgan fingerprint density at radius 2 is 1.07 bits per heavy atom. The number of carbonyl (C=O) groups is 2. The lowest BCUT2D eigenvalue weighted by Crippen LogP contribution is -2.28. The maximum atomic E-state index is 14.2. The highest BCUT2D eigenvalue weighted by molar-refractivity contribution is 7.22. The molecule has 6 N–H and O–H groups in total. The van der Waals surface area contributed by atoms with E-state index < -0.39 is 35.3 Å². The van der Waals surface area contributed by atoms with Crippen LogP contribution in [0.3, 0.4) is 0 Å². The zero-order chi connectivity index (χ0) is 58.2. The Morgan fingerprint density at radius 1 is 0.554 bits per heavy atom. The average Bonchev–Trinajstić information content (AvgIpc) is 4.29. The lowest BCUT2D eigenvalue weighted by molar-refractivity contribution is -0.137. The number of rotatable bonds is 22. The fraction of sp³-hybridized carbons (Fsp3) is 0.214. The second kappa shape index (κ2) is 25.1. The molecule has 0 bridgehead atoms. The van der Waals surface area contributed by atoms with E-state index in [-0.39, 0.29) is 0 Å². The van der Waals surface area contributed by atoms with Gasteiger partial charge in [0.25, 0.3) is 0 Å². The number of alkyl halides is 3. The van der Waals surface area contributed by atoms with Gasteiger partial charge in [-0.2, -0.15) is 13.2 Å². The van der Waals surface area contributed by atoms with Gasteiger partial charge in [0.05, 0.1) is 56.9 Å². The molecule has 0 saturated heterocycles. The van der Waals surface area contributed by atoms with E-state index in [2.05, 4.69) is 61.7 Å². The van der Waals surface area contributed by atoms with Gasteiger partial charge in [-0.15, -0.1) is 0 Å². The van der Waals surface area contributed by atoms with Crippen LogP contribution in [0.4, 0.5) is 71.8 Å². The van der Waals surface area contributed by atoms with Crippen molar-refractivity contribution in [1.82, 2.24) is 39.7 Å². The SMILES string of the molecule is COc1cc2c(Nc3nc4ccc(NC(=O)Nc5cccc(OCCN(C)CCOc6cc7ncnc(Nc8nc9ccc(NC(=O)Nc%10cc(C(F)(F)F)ccc%10F)cc9s8)c7cc6OC)c5)cc4s3)ncnc2cc1OCCN(C)C. The second-order valence-corrected chi connectivity index (χ2v) is 20.7. The third-order valence-corrected chi connectivity index (χ3v) is 14.4. The quantitative estimate of drug-likeness (QED) is 0.0346. The first-order valence-electron chi connectivity index (χ1n) is 25.4. The second-order valence-electron chi connectivity index (χ2n) is 18.7. The summed E-state index contributed by atoms with van der Waals surface area (Å²) in [5.41, 5.74) is 2.26. The minimum absolute atomic E-state index is 0.296. The van der Waals surface area contributed by atoms with Crippen molar-refractivity contribution in [3.63, 3.8) is 0 Å². The van der Waals surface area contributed by atoms with Crippen molar-refractivity contribution < 1.29 is 50.8 Å². The monoisotopic (exact) mass is 1170 g/mol. The van der Waals surface area contributed by atoms with Crippen LogP contribution in [0.1, 0.15) is 5.56 Å². The van der Waals surface area contributed by atoms with E-state index in [1.54, 1.807) is 61.7 Å². The molecular formula is C56H52F4N14O7S2. The first kappa shape index (κ1) is 56.8. The zero-order valence-electron chi connectivity index (χ0n) is 45.0. The lowest BCUT2D eigenvalue weighted by Gasteiger charge is -2.18. The summed E-state index contributed by atoms with van der Waals surface area (Å²) >= 11 is 2.66. The topological polar surface area (TPSA) is 236 Å². The van der Waals surface area contributed by atoms with Gasteiger partial charge in [0.2, 0.25) is 0 Å². The van der Waals surface area contributed by atoms with Crippen LogP contribution in [-0.4, -0.2) is 127 Å². The molecule has 428 valence electrons. The van der Waals surface area contributed by atoms with Gasteiger partial charge < -0.3 is 60.5 Å². The zero-order valence-corrected chi connectivity index (χ0v) is 46.6. The lowest BCUT2D eigenvalue weighted by atomic mass is 10.2. The van der Waals surface area contributed by atoms with Crippen LogP contribution in [0.2, 0.25) is 0 Å². The fourth-order valence-electron chi connectivity index (χ4n) is 8.31. The Morgan fingerprint density at radius 3 is 1.60 bits per heavy atom. The number of urea groups is 2. The summed E-state index contributed by atoms with van der Waals surface area (Å²) in [4.78, 5) is 57.1. The van der Waals surface area contributed by atoms with Crippen molar-refractivity contribution in [3.05, 3.63) is 127 Å². The van der Waals surface area contributed by atoms with Gasteiger partial charge in [-0.25, -0.2) is 43.9 Å². The molecular weight excluding hydrogens is 1120 g/mol. The number of anilines is 8. The molecule has 6 aromatic carbocycles. The highest BCUT2D eigenvalue weighted by Crippen LogP contribution is 2.39. The summed E-state index contributed by atoms with van der Waals surface area (Å²) in [6, 6.07) is 25.0. The van der Waals surface area contributed by atoms with Gasteiger partial charge in [0.15, 0.2) is 33.3 Å². The van der Waals surface area contributed by atoms with Crippen LogP contribution in [0.5, 0.6) is 28.7 Å². The van der Waals surface area contributed by atoms with Crippen molar-refractivity contribution in [3.8, 4) is 28.7 Å². The van der Waals surface area contributed by atoms with Crippen molar-refractivity contribution >= 4 is 122 Å². The summed E-state index contributed by atoms with van der Waals surface area (Å²) in [7, 11) is 9.02. The third-order valence-electron chi connectivity index (χ3n) is 12.5. The molecule has 0 unspecified atom stereocenters. The molecule has 83 heavy (non-hydrogen) atoms.